The summed E-state index contributed by atoms with van der Waals surface area (Å²) >= 11 is 1.40. The van der Waals surface area contributed by atoms with Gasteiger partial charge in [-0.25, -0.2) is 0 Å². The lowest BCUT2D eigenvalue weighted by Crippen LogP contribution is -2.34. The maximum Gasteiger partial charge on any atom is 0.307 e. The molecule has 0 heterocycles. The van der Waals surface area contributed by atoms with Crippen LogP contribution >= 0.6 is 11.8 Å². The second-order valence-electron chi connectivity index (χ2n) is 7.21. The van der Waals surface area contributed by atoms with E-state index in [1.807, 2.05) is 55.5 Å². The van der Waals surface area contributed by atoms with Gasteiger partial charge in [0, 0.05) is 16.3 Å². The number of rotatable bonds is 7. The van der Waals surface area contributed by atoms with Gasteiger partial charge in [0.05, 0.1) is 17.6 Å². The van der Waals surface area contributed by atoms with E-state index in [0.29, 0.717) is 18.5 Å². The number of carbonyl (C=O) groups excluding carboxylic acids is 2. The van der Waals surface area contributed by atoms with Crippen LogP contribution in [0.3, 0.4) is 0 Å². The molecule has 0 spiro atoms. The highest BCUT2D eigenvalue weighted by atomic mass is 32.2. The molecule has 0 aliphatic heterocycles. The van der Waals surface area contributed by atoms with E-state index in [1.165, 1.54) is 11.8 Å². The second kappa shape index (κ2) is 10.1. The lowest BCUT2D eigenvalue weighted by molar-refractivity contribution is -0.146. The summed E-state index contributed by atoms with van der Waals surface area (Å²) in [5.74, 6) is -2.33. The molecule has 0 fully saturated rings. The van der Waals surface area contributed by atoms with Crippen molar-refractivity contribution in [2.75, 3.05) is 16.4 Å². The first-order valence-corrected chi connectivity index (χ1v) is 10.7. The smallest absolute Gasteiger partial charge is 0.307 e. The molecule has 7 heteroatoms. The monoisotopic (exact) mass is 424 g/mol. The number of aryl methyl sites for hydroxylation is 1. The van der Waals surface area contributed by atoms with Crippen LogP contribution in [-0.4, -0.2) is 28.6 Å². The number of anilines is 2. The summed E-state index contributed by atoms with van der Waals surface area (Å²) in [5, 5.41) is 15.0. The molecule has 0 aromatic heterocycles. The summed E-state index contributed by atoms with van der Waals surface area (Å²) in [7, 11) is 0. The number of carboxylic acids is 1. The summed E-state index contributed by atoms with van der Waals surface area (Å²) in [6.45, 7) is 1.99. The number of hydrogen-bond donors (Lipinski definition) is 3. The molecule has 3 rings (SSSR count). The Bertz CT molecular complexity index is 939. The van der Waals surface area contributed by atoms with Gasteiger partial charge < -0.3 is 15.7 Å². The van der Waals surface area contributed by atoms with E-state index in [4.69, 9.17) is 0 Å². The second-order valence-corrected chi connectivity index (χ2v) is 8.26. The highest BCUT2D eigenvalue weighted by molar-refractivity contribution is 8.00. The van der Waals surface area contributed by atoms with Crippen molar-refractivity contribution in [1.29, 1.82) is 0 Å². The Balaban J connectivity index is 1.50. The van der Waals surface area contributed by atoms with Gasteiger partial charge in [0.2, 0.25) is 11.8 Å². The van der Waals surface area contributed by atoms with Crippen LogP contribution in [0.1, 0.15) is 18.4 Å². The number of allylic oxidation sites excluding steroid dienone is 2. The minimum Gasteiger partial charge on any atom is -0.481 e. The Morgan fingerprint density at radius 3 is 2.10 bits per heavy atom. The fraction of sp³-hybridized carbons (Fsp3) is 0.261. The largest absolute Gasteiger partial charge is 0.481 e. The Kier molecular flexibility index (Phi) is 7.30. The molecule has 0 bridgehead atoms. The minimum absolute atomic E-state index is 0.0914. The predicted octanol–water partition coefficient (Wildman–Crippen LogP) is 4.33. The van der Waals surface area contributed by atoms with E-state index in [-0.39, 0.29) is 17.6 Å². The Morgan fingerprint density at radius 2 is 1.47 bits per heavy atom. The molecule has 30 heavy (non-hydrogen) atoms. The van der Waals surface area contributed by atoms with Crippen molar-refractivity contribution < 1.29 is 19.5 Å². The molecule has 1 aliphatic carbocycles. The molecule has 6 nitrogen and oxygen atoms in total. The first-order chi connectivity index (χ1) is 14.4. The molecule has 2 amide bonds. The van der Waals surface area contributed by atoms with Crippen LogP contribution in [0, 0.1) is 18.8 Å². The Labute approximate surface area is 179 Å². The van der Waals surface area contributed by atoms with Gasteiger partial charge in [0.1, 0.15) is 0 Å². The standard InChI is InChI=1S/C23H24N2O4S/c1-15-6-8-16(9-7-15)24-21(26)14-30-18-12-10-17(11-13-18)25-22(27)19-4-2-3-5-20(19)23(28)29/h2-3,6-13,19-20H,4-5,14H2,1H3,(H,24,26)(H,25,27)(H,28,29). The van der Waals surface area contributed by atoms with Crippen LogP contribution < -0.4 is 10.6 Å². The number of carboxylic acid groups (broad SMARTS) is 1. The summed E-state index contributed by atoms with van der Waals surface area (Å²) in [4.78, 5) is 36.9. The quantitative estimate of drug-likeness (QED) is 0.454. The number of nitrogens with one attached hydrogen (secondary N) is 2. The average Bonchev–Trinajstić information content (AvgIpc) is 2.75. The third-order valence-electron chi connectivity index (χ3n) is 4.91. The molecule has 2 atom stereocenters. The third-order valence-corrected chi connectivity index (χ3v) is 5.93. The molecule has 2 unspecified atom stereocenters. The number of hydrogen-bond acceptors (Lipinski definition) is 4. The maximum atomic E-state index is 12.5. The fourth-order valence-electron chi connectivity index (χ4n) is 3.23. The van der Waals surface area contributed by atoms with Gasteiger partial charge in [-0.1, -0.05) is 29.8 Å². The van der Waals surface area contributed by atoms with Crippen LogP contribution in [0.2, 0.25) is 0 Å². The molecular weight excluding hydrogens is 400 g/mol. The highest BCUT2D eigenvalue weighted by Crippen LogP contribution is 2.28. The summed E-state index contributed by atoms with van der Waals surface area (Å²) in [6, 6.07) is 14.8. The lowest BCUT2D eigenvalue weighted by atomic mass is 9.82. The van der Waals surface area contributed by atoms with Gasteiger partial charge in [-0.05, 0) is 56.2 Å². The number of amides is 2. The van der Waals surface area contributed by atoms with Crippen molar-refractivity contribution in [3.63, 3.8) is 0 Å². The minimum atomic E-state index is -0.949. The first-order valence-electron chi connectivity index (χ1n) is 9.70. The maximum absolute atomic E-state index is 12.5. The zero-order chi connectivity index (χ0) is 21.5. The van der Waals surface area contributed by atoms with Gasteiger partial charge in [0.25, 0.3) is 0 Å². The van der Waals surface area contributed by atoms with Crippen LogP contribution in [0.25, 0.3) is 0 Å². The van der Waals surface area contributed by atoms with Gasteiger partial charge >= 0.3 is 5.97 Å². The van der Waals surface area contributed by atoms with E-state index >= 15 is 0 Å². The van der Waals surface area contributed by atoms with Crippen molar-refractivity contribution in [3.05, 3.63) is 66.2 Å². The summed E-state index contributed by atoms with van der Waals surface area (Å²) in [5.41, 5.74) is 2.50. The third kappa shape index (κ3) is 5.97. The zero-order valence-corrected chi connectivity index (χ0v) is 17.4. The SMILES string of the molecule is Cc1ccc(NC(=O)CSc2ccc(NC(=O)C3CC=CCC3C(=O)O)cc2)cc1. The molecule has 0 radical (unpaired) electrons. The lowest BCUT2D eigenvalue weighted by Gasteiger charge is -2.24. The molecule has 3 N–H and O–H groups in total. The molecule has 156 valence electrons. The molecule has 2 aromatic rings. The van der Waals surface area contributed by atoms with Crippen LogP contribution in [0.4, 0.5) is 11.4 Å². The van der Waals surface area contributed by atoms with Gasteiger partial charge in [-0.15, -0.1) is 11.8 Å². The van der Waals surface area contributed by atoms with Crippen molar-refractivity contribution in [1.82, 2.24) is 0 Å². The van der Waals surface area contributed by atoms with E-state index < -0.39 is 17.8 Å². The number of thioether (sulfide) groups is 1. The molecule has 0 saturated heterocycles. The van der Waals surface area contributed by atoms with E-state index in [0.717, 1.165) is 16.1 Å². The van der Waals surface area contributed by atoms with Crippen molar-refractivity contribution >= 4 is 40.9 Å². The molecule has 0 saturated carbocycles. The number of carbonyl (C=O) groups is 3. The van der Waals surface area contributed by atoms with Gasteiger partial charge in [-0.2, -0.15) is 0 Å². The summed E-state index contributed by atoms with van der Waals surface area (Å²) in [6.07, 6.45) is 4.45. The van der Waals surface area contributed by atoms with Crippen LogP contribution in [-0.2, 0) is 14.4 Å². The van der Waals surface area contributed by atoms with Crippen LogP contribution in [0.15, 0.2) is 65.6 Å². The highest BCUT2D eigenvalue weighted by Gasteiger charge is 2.33. The normalized spacial score (nSPS) is 17.9. The van der Waals surface area contributed by atoms with Crippen molar-refractivity contribution in [2.45, 2.75) is 24.7 Å². The van der Waals surface area contributed by atoms with Crippen molar-refractivity contribution in [2.24, 2.45) is 11.8 Å². The molecule has 1 aliphatic rings. The fourth-order valence-corrected chi connectivity index (χ4v) is 3.93. The molecular formula is C23H24N2O4S. The molecule has 2 aromatic carbocycles. The average molecular weight is 425 g/mol. The van der Waals surface area contributed by atoms with E-state index in [9.17, 15) is 19.5 Å². The number of aliphatic carboxylic acids is 1. The predicted molar refractivity (Wildman–Crippen MR) is 119 cm³/mol. The first kappa shape index (κ1) is 21.6. The zero-order valence-electron chi connectivity index (χ0n) is 16.6. The summed E-state index contributed by atoms with van der Waals surface area (Å²) < 4.78 is 0. The Hall–Kier alpha value is -3.06. The van der Waals surface area contributed by atoms with Crippen molar-refractivity contribution in [3.8, 4) is 0 Å². The topological polar surface area (TPSA) is 95.5 Å². The van der Waals surface area contributed by atoms with Crippen LogP contribution in [0.5, 0.6) is 0 Å². The van der Waals surface area contributed by atoms with Gasteiger partial charge in [-0.3, -0.25) is 14.4 Å². The van der Waals surface area contributed by atoms with E-state index in [1.54, 1.807) is 12.1 Å². The van der Waals surface area contributed by atoms with Gasteiger partial charge in [0.15, 0.2) is 0 Å². The number of benzene rings is 2. The van der Waals surface area contributed by atoms with E-state index in [2.05, 4.69) is 10.6 Å². The Morgan fingerprint density at radius 1 is 0.900 bits per heavy atom.